The number of hydrogen-bond acceptors (Lipinski definition) is 5. The van der Waals surface area contributed by atoms with Crippen LogP contribution in [0.25, 0.3) is 0 Å². The number of halogens is 1. The quantitative estimate of drug-likeness (QED) is 0.451. The van der Waals surface area contributed by atoms with Crippen LogP contribution in [-0.2, 0) is 19.1 Å². The standard InChI is InChI=1S/C20H20ClN3O5/c21-15-9-11-16(12-10-15)22-17(25)7-4-8-19(27)29-13-18(26)23-24-20(28)14-5-2-1-3-6-14/h1-3,5-6,9-12H,4,7-8,13H2,(H,22,25)(H,23,26)(H,24,28). The van der Waals surface area contributed by atoms with E-state index in [4.69, 9.17) is 16.3 Å². The first-order chi connectivity index (χ1) is 13.9. The summed E-state index contributed by atoms with van der Waals surface area (Å²) in [5.74, 6) is -2.03. The number of carbonyl (C=O) groups is 4. The van der Waals surface area contributed by atoms with Crippen molar-refractivity contribution in [3.8, 4) is 0 Å². The molecule has 0 atom stereocenters. The number of nitrogens with one attached hydrogen (secondary N) is 3. The molecule has 0 bridgehead atoms. The van der Waals surface area contributed by atoms with Crippen molar-refractivity contribution in [2.75, 3.05) is 11.9 Å². The molecule has 0 aromatic heterocycles. The Bertz CT molecular complexity index is 856. The van der Waals surface area contributed by atoms with Gasteiger partial charge in [0.15, 0.2) is 6.61 Å². The van der Waals surface area contributed by atoms with Gasteiger partial charge in [0.1, 0.15) is 0 Å². The highest BCUT2D eigenvalue weighted by Gasteiger charge is 2.11. The minimum atomic E-state index is -0.678. The molecule has 0 heterocycles. The molecule has 2 aromatic carbocycles. The first kappa shape index (κ1) is 21.9. The second-order valence-electron chi connectivity index (χ2n) is 5.94. The van der Waals surface area contributed by atoms with Crippen LogP contribution in [0.2, 0.25) is 5.02 Å². The van der Waals surface area contributed by atoms with Gasteiger partial charge in [-0.2, -0.15) is 0 Å². The van der Waals surface area contributed by atoms with Gasteiger partial charge in [-0.15, -0.1) is 0 Å². The summed E-state index contributed by atoms with van der Waals surface area (Å²) in [7, 11) is 0. The zero-order valence-corrected chi connectivity index (χ0v) is 16.2. The van der Waals surface area contributed by atoms with Gasteiger partial charge in [0.05, 0.1) is 0 Å². The third-order valence-corrected chi connectivity index (χ3v) is 3.88. The second-order valence-corrected chi connectivity index (χ2v) is 6.37. The average Bonchev–Trinajstić information content (AvgIpc) is 2.72. The summed E-state index contributed by atoms with van der Waals surface area (Å²) in [5.41, 5.74) is 5.35. The number of amides is 3. The summed E-state index contributed by atoms with van der Waals surface area (Å²) in [6, 6.07) is 15.0. The summed E-state index contributed by atoms with van der Waals surface area (Å²) in [6.07, 6.45) is 0.374. The van der Waals surface area contributed by atoms with Gasteiger partial charge in [-0.25, -0.2) is 0 Å². The molecule has 0 aliphatic rings. The molecular weight excluding hydrogens is 398 g/mol. The Labute approximate surface area is 172 Å². The van der Waals surface area contributed by atoms with Gasteiger partial charge in [0.25, 0.3) is 11.8 Å². The van der Waals surface area contributed by atoms with E-state index < -0.39 is 24.4 Å². The maximum atomic E-state index is 11.8. The lowest BCUT2D eigenvalue weighted by Gasteiger charge is -2.08. The maximum absolute atomic E-state index is 11.8. The number of ether oxygens (including phenoxy) is 1. The van der Waals surface area contributed by atoms with E-state index in [0.29, 0.717) is 16.3 Å². The Morgan fingerprint density at radius 3 is 2.21 bits per heavy atom. The minimum Gasteiger partial charge on any atom is -0.455 e. The van der Waals surface area contributed by atoms with Gasteiger partial charge in [0.2, 0.25) is 5.91 Å². The third kappa shape index (κ3) is 8.44. The monoisotopic (exact) mass is 417 g/mol. The first-order valence-corrected chi connectivity index (χ1v) is 9.17. The van der Waals surface area contributed by atoms with Crippen LogP contribution in [0.15, 0.2) is 54.6 Å². The fourth-order valence-electron chi connectivity index (χ4n) is 2.19. The topological polar surface area (TPSA) is 114 Å². The molecule has 0 unspecified atom stereocenters. The number of benzene rings is 2. The van der Waals surface area contributed by atoms with Gasteiger partial charge in [-0.1, -0.05) is 29.8 Å². The van der Waals surface area contributed by atoms with Crippen molar-refractivity contribution in [2.45, 2.75) is 19.3 Å². The number of anilines is 1. The van der Waals surface area contributed by atoms with Crippen LogP contribution in [0.4, 0.5) is 5.69 Å². The summed E-state index contributed by atoms with van der Waals surface area (Å²) in [5, 5.41) is 3.24. The van der Waals surface area contributed by atoms with Crippen molar-refractivity contribution in [3.05, 3.63) is 65.2 Å². The van der Waals surface area contributed by atoms with Crippen molar-refractivity contribution in [2.24, 2.45) is 0 Å². The molecule has 0 aliphatic carbocycles. The lowest BCUT2D eigenvalue weighted by atomic mass is 10.2. The van der Waals surface area contributed by atoms with Crippen molar-refractivity contribution in [1.82, 2.24) is 10.9 Å². The summed E-state index contributed by atoms with van der Waals surface area (Å²) in [4.78, 5) is 46.8. The highest BCUT2D eigenvalue weighted by Crippen LogP contribution is 2.13. The van der Waals surface area contributed by atoms with E-state index >= 15 is 0 Å². The molecular formula is C20H20ClN3O5. The number of hydrazine groups is 1. The van der Waals surface area contributed by atoms with E-state index in [1.54, 1.807) is 54.6 Å². The Balaban J connectivity index is 1.58. The minimum absolute atomic E-state index is 0.0162. The zero-order valence-electron chi connectivity index (χ0n) is 15.4. The number of rotatable bonds is 8. The Hall–Kier alpha value is -3.39. The highest BCUT2D eigenvalue weighted by molar-refractivity contribution is 6.30. The molecule has 8 nitrogen and oxygen atoms in total. The van der Waals surface area contributed by atoms with E-state index in [1.165, 1.54) is 0 Å². The number of esters is 1. The average molecular weight is 418 g/mol. The van der Waals surface area contributed by atoms with Crippen molar-refractivity contribution >= 4 is 41.0 Å². The molecule has 29 heavy (non-hydrogen) atoms. The number of carbonyl (C=O) groups excluding carboxylic acids is 4. The van der Waals surface area contributed by atoms with E-state index in [0.717, 1.165) is 0 Å². The summed E-state index contributed by atoms with van der Waals surface area (Å²) in [6.45, 7) is -0.537. The SMILES string of the molecule is O=C(COC(=O)CCCC(=O)Nc1ccc(Cl)cc1)NNC(=O)c1ccccc1. The van der Waals surface area contributed by atoms with Crippen LogP contribution >= 0.6 is 11.6 Å². The van der Waals surface area contributed by atoms with Crippen LogP contribution < -0.4 is 16.2 Å². The molecule has 2 aromatic rings. The van der Waals surface area contributed by atoms with Crippen LogP contribution in [-0.4, -0.2) is 30.3 Å². The lowest BCUT2D eigenvalue weighted by Crippen LogP contribution is -2.43. The van der Waals surface area contributed by atoms with Gasteiger partial charge < -0.3 is 10.1 Å². The van der Waals surface area contributed by atoms with Crippen LogP contribution in [0.3, 0.4) is 0 Å². The predicted molar refractivity (Wildman–Crippen MR) is 107 cm³/mol. The van der Waals surface area contributed by atoms with Gasteiger partial charge in [0, 0.05) is 29.1 Å². The van der Waals surface area contributed by atoms with Gasteiger partial charge in [-0.05, 0) is 42.8 Å². The molecule has 0 saturated heterocycles. The molecule has 2 rings (SSSR count). The van der Waals surface area contributed by atoms with E-state index in [-0.39, 0.29) is 25.2 Å². The Morgan fingerprint density at radius 1 is 0.828 bits per heavy atom. The Morgan fingerprint density at radius 2 is 1.52 bits per heavy atom. The third-order valence-electron chi connectivity index (χ3n) is 3.63. The van der Waals surface area contributed by atoms with Crippen LogP contribution in [0.5, 0.6) is 0 Å². The van der Waals surface area contributed by atoms with Gasteiger partial charge >= 0.3 is 5.97 Å². The van der Waals surface area contributed by atoms with E-state index in [2.05, 4.69) is 16.2 Å². The first-order valence-electron chi connectivity index (χ1n) is 8.79. The molecule has 3 N–H and O–H groups in total. The largest absolute Gasteiger partial charge is 0.455 e. The molecule has 152 valence electrons. The van der Waals surface area contributed by atoms with Crippen LogP contribution in [0.1, 0.15) is 29.6 Å². The lowest BCUT2D eigenvalue weighted by molar-refractivity contribution is -0.148. The highest BCUT2D eigenvalue weighted by atomic mass is 35.5. The van der Waals surface area contributed by atoms with Crippen molar-refractivity contribution in [3.63, 3.8) is 0 Å². The zero-order chi connectivity index (χ0) is 21.1. The fraction of sp³-hybridized carbons (Fsp3) is 0.200. The molecule has 0 saturated carbocycles. The molecule has 0 aliphatic heterocycles. The molecule has 3 amide bonds. The molecule has 0 radical (unpaired) electrons. The van der Waals surface area contributed by atoms with E-state index in [9.17, 15) is 19.2 Å². The normalized spacial score (nSPS) is 9.97. The maximum Gasteiger partial charge on any atom is 0.306 e. The Kier molecular flexibility index (Phi) is 8.65. The van der Waals surface area contributed by atoms with Gasteiger partial charge in [-0.3, -0.25) is 30.0 Å². The van der Waals surface area contributed by atoms with Crippen molar-refractivity contribution in [1.29, 1.82) is 0 Å². The molecule has 9 heteroatoms. The summed E-state index contributed by atoms with van der Waals surface area (Å²) >= 11 is 5.77. The van der Waals surface area contributed by atoms with Crippen molar-refractivity contribution < 1.29 is 23.9 Å². The molecule has 0 spiro atoms. The number of hydrogen-bond donors (Lipinski definition) is 3. The molecule has 0 fully saturated rings. The predicted octanol–water partition coefficient (Wildman–Crippen LogP) is 2.45. The smallest absolute Gasteiger partial charge is 0.306 e. The van der Waals surface area contributed by atoms with E-state index in [1.807, 2.05) is 0 Å². The fourth-order valence-corrected chi connectivity index (χ4v) is 2.32. The summed E-state index contributed by atoms with van der Waals surface area (Å²) < 4.78 is 4.81. The van der Waals surface area contributed by atoms with Crippen LogP contribution in [0, 0.1) is 0 Å². The second kappa shape index (κ2) is 11.5.